The molecule has 0 atom stereocenters. The van der Waals surface area contributed by atoms with Crippen molar-refractivity contribution in [2.75, 3.05) is 11.9 Å². The predicted molar refractivity (Wildman–Crippen MR) is 54.6 cm³/mol. The average molecular weight is 187 g/mol. The molecule has 0 radical (unpaired) electrons. The highest BCUT2D eigenvalue weighted by molar-refractivity contribution is 5.95. The standard InChI is InChI=1S/C10H9N3O/c14-10-6-2-1-3-7-9(6)8(12-13-10)4-5-11-7/h1-3,11H,4-5H2,(H,13,14). The Labute approximate surface area is 80.0 Å². The van der Waals surface area contributed by atoms with Crippen LogP contribution >= 0.6 is 0 Å². The normalized spacial score (nSPS) is 14.0. The van der Waals surface area contributed by atoms with Gasteiger partial charge in [0.25, 0.3) is 5.56 Å². The van der Waals surface area contributed by atoms with Crippen molar-refractivity contribution < 1.29 is 0 Å². The van der Waals surface area contributed by atoms with E-state index < -0.39 is 0 Å². The summed E-state index contributed by atoms with van der Waals surface area (Å²) in [6, 6.07) is 5.69. The first-order chi connectivity index (χ1) is 6.86. The first-order valence-corrected chi connectivity index (χ1v) is 4.60. The maximum Gasteiger partial charge on any atom is 0.272 e. The number of benzene rings is 1. The number of aromatic amines is 1. The van der Waals surface area contributed by atoms with Gasteiger partial charge in [-0.15, -0.1) is 0 Å². The number of rotatable bonds is 0. The molecule has 0 aliphatic carbocycles. The second-order valence-corrected chi connectivity index (χ2v) is 3.40. The van der Waals surface area contributed by atoms with Gasteiger partial charge in [0.05, 0.1) is 11.1 Å². The van der Waals surface area contributed by atoms with Crippen molar-refractivity contribution >= 4 is 16.5 Å². The Bertz CT molecular complexity index is 549. The Kier molecular flexibility index (Phi) is 1.39. The maximum absolute atomic E-state index is 11.5. The highest BCUT2D eigenvalue weighted by Crippen LogP contribution is 2.26. The minimum atomic E-state index is -0.116. The fourth-order valence-electron chi connectivity index (χ4n) is 1.93. The second kappa shape index (κ2) is 2.57. The van der Waals surface area contributed by atoms with E-state index in [2.05, 4.69) is 15.5 Å². The molecule has 2 heterocycles. The summed E-state index contributed by atoms with van der Waals surface area (Å²) in [5.41, 5.74) is 1.88. The molecule has 1 aromatic heterocycles. The van der Waals surface area contributed by atoms with Gasteiger partial charge in [-0.2, -0.15) is 5.10 Å². The highest BCUT2D eigenvalue weighted by Gasteiger charge is 2.14. The average Bonchev–Trinajstić information content (AvgIpc) is 2.24. The summed E-state index contributed by atoms with van der Waals surface area (Å²) in [5, 5.41) is 11.5. The Morgan fingerprint density at radius 3 is 3.21 bits per heavy atom. The molecule has 1 aromatic carbocycles. The molecule has 4 heteroatoms. The summed E-state index contributed by atoms with van der Waals surface area (Å²) in [5.74, 6) is 0. The quantitative estimate of drug-likeness (QED) is 0.644. The van der Waals surface area contributed by atoms with Crippen LogP contribution in [0.4, 0.5) is 5.69 Å². The first kappa shape index (κ1) is 7.55. The van der Waals surface area contributed by atoms with Gasteiger partial charge in [-0.3, -0.25) is 4.79 Å². The third kappa shape index (κ3) is 0.878. The zero-order valence-electron chi connectivity index (χ0n) is 7.50. The lowest BCUT2D eigenvalue weighted by atomic mass is 10.0. The van der Waals surface area contributed by atoms with Gasteiger partial charge in [0, 0.05) is 24.0 Å². The van der Waals surface area contributed by atoms with Crippen LogP contribution in [0.3, 0.4) is 0 Å². The summed E-state index contributed by atoms with van der Waals surface area (Å²) in [6.07, 6.45) is 0.865. The van der Waals surface area contributed by atoms with E-state index in [1.807, 2.05) is 18.2 Å². The van der Waals surface area contributed by atoms with Crippen molar-refractivity contribution in [3.63, 3.8) is 0 Å². The lowest BCUT2D eigenvalue weighted by Crippen LogP contribution is -2.18. The lowest BCUT2D eigenvalue weighted by Gasteiger charge is -2.16. The van der Waals surface area contributed by atoms with Crippen molar-refractivity contribution in [2.45, 2.75) is 6.42 Å². The van der Waals surface area contributed by atoms with Crippen molar-refractivity contribution in [1.82, 2.24) is 10.2 Å². The number of aromatic nitrogens is 2. The van der Waals surface area contributed by atoms with E-state index in [9.17, 15) is 4.79 Å². The van der Waals surface area contributed by atoms with Crippen molar-refractivity contribution in [3.05, 3.63) is 34.2 Å². The molecule has 0 unspecified atom stereocenters. The Morgan fingerprint density at radius 2 is 2.29 bits per heavy atom. The van der Waals surface area contributed by atoms with Crippen LogP contribution in [0.5, 0.6) is 0 Å². The summed E-state index contributed by atoms with van der Waals surface area (Å²) in [4.78, 5) is 11.5. The molecule has 0 bridgehead atoms. The topological polar surface area (TPSA) is 57.8 Å². The van der Waals surface area contributed by atoms with Crippen molar-refractivity contribution in [2.24, 2.45) is 0 Å². The molecule has 2 aromatic rings. The molecule has 1 aliphatic rings. The summed E-state index contributed by atoms with van der Waals surface area (Å²) in [7, 11) is 0. The summed E-state index contributed by atoms with van der Waals surface area (Å²) in [6.45, 7) is 0.880. The maximum atomic E-state index is 11.5. The monoisotopic (exact) mass is 187 g/mol. The molecule has 2 N–H and O–H groups in total. The van der Waals surface area contributed by atoms with E-state index in [1.165, 1.54) is 0 Å². The summed E-state index contributed by atoms with van der Waals surface area (Å²) >= 11 is 0. The number of hydrogen-bond acceptors (Lipinski definition) is 3. The molecule has 0 spiro atoms. The van der Waals surface area contributed by atoms with Gasteiger partial charge in [0.1, 0.15) is 0 Å². The smallest absolute Gasteiger partial charge is 0.272 e. The molecular weight excluding hydrogens is 178 g/mol. The van der Waals surface area contributed by atoms with Crippen LogP contribution in [0.15, 0.2) is 23.0 Å². The van der Waals surface area contributed by atoms with Crippen LogP contribution < -0.4 is 10.9 Å². The molecule has 14 heavy (non-hydrogen) atoms. The van der Waals surface area contributed by atoms with E-state index in [0.29, 0.717) is 0 Å². The molecule has 3 rings (SSSR count). The third-order valence-corrected chi connectivity index (χ3v) is 2.57. The Balaban J connectivity index is 2.57. The van der Waals surface area contributed by atoms with Crippen molar-refractivity contribution in [1.29, 1.82) is 0 Å². The van der Waals surface area contributed by atoms with Crippen molar-refractivity contribution in [3.8, 4) is 0 Å². The highest BCUT2D eigenvalue weighted by atomic mass is 16.1. The molecule has 0 saturated heterocycles. The van der Waals surface area contributed by atoms with Gasteiger partial charge in [-0.25, -0.2) is 5.10 Å². The Morgan fingerprint density at radius 1 is 1.36 bits per heavy atom. The van der Waals surface area contributed by atoms with Gasteiger partial charge < -0.3 is 5.32 Å². The molecule has 0 saturated carbocycles. The van der Waals surface area contributed by atoms with Crippen LogP contribution in [0, 0.1) is 0 Å². The van der Waals surface area contributed by atoms with Crippen LogP contribution in [0.1, 0.15) is 5.69 Å². The fourth-order valence-corrected chi connectivity index (χ4v) is 1.93. The van der Waals surface area contributed by atoms with Crippen LogP contribution in [0.25, 0.3) is 10.8 Å². The minimum absolute atomic E-state index is 0.116. The molecule has 0 amide bonds. The summed E-state index contributed by atoms with van der Waals surface area (Å²) < 4.78 is 0. The number of anilines is 1. The van der Waals surface area contributed by atoms with Gasteiger partial charge in [-0.1, -0.05) is 6.07 Å². The van der Waals surface area contributed by atoms with E-state index in [1.54, 1.807) is 0 Å². The SMILES string of the molecule is O=c1[nH]nc2c3c(cccc13)NCC2. The van der Waals surface area contributed by atoms with Crippen LogP contribution in [-0.2, 0) is 6.42 Å². The van der Waals surface area contributed by atoms with Gasteiger partial charge in [-0.05, 0) is 12.1 Å². The second-order valence-electron chi connectivity index (χ2n) is 3.40. The van der Waals surface area contributed by atoms with E-state index >= 15 is 0 Å². The minimum Gasteiger partial charge on any atom is -0.384 e. The molecule has 70 valence electrons. The van der Waals surface area contributed by atoms with Gasteiger partial charge >= 0.3 is 0 Å². The zero-order chi connectivity index (χ0) is 9.54. The zero-order valence-corrected chi connectivity index (χ0v) is 7.50. The number of nitrogens with one attached hydrogen (secondary N) is 2. The molecule has 4 nitrogen and oxygen atoms in total. The largest absolute Gasteiger partial charge is 0.384 e. The van der Waals surface area contributed by atoms with E-state index in [-0.39, 0.29) is 5.56 Å². The number of H-pyrrole nitrogens is 1. The van der Waals surface area contributed by atoms with Gasteiger partial charge in [0.2, 0.25) is 0 Å². The van der Waals surface area contributed by atoms with E-state index in [4.69, 9.17) is 0 Å². The molecule has 0 fully saturated rings. The third-order valence-electron chi connectivity index (χ3n) is 2.57. The number of nitrogens with zero attached hydrogens (tertiary/aromatic N) is 1. The predicted octanol–water partition coefficient (Wildman–Crippen LogP) is 0.891. The van der Waals surface area contributed by atoms with Crippen LogP contribution in [0.2, 0.25) is 0 Å². The number of hydrogen-bond donors (Lipinski definition) is 2. The first-order valence-electron chi connectivity index (χ1n) is 4.60. The fraction of sp³-hybridized carbons (Fsp3) is 0.200. The Hall–Kier alpha value is -1.84. The molecule has 1 aliphatic heterocycles. The van der Waals surface area contributed by atoms with E-state index in [0.717, 1.165) is 35.1 Å². The molecular formula is C10H9N3O. The lowest BCUT2D eigenvalue weighted by molar-refractivity contribution is 0.878. The van der Waals surface area contributed by atoms with Crippen LogP contribution in [-0.4, -0.2) is 16.7 Å². The van der Waals surface area contributed by atoms with Gasteiger partial charge in [0.15, 0.2) is 0 Å².